The summed E-state index contributed by atoms with van der Waals surface area (Å²) in [6.07, 6.45) is 8.89. The molecular weight excluding hydrogens is 921 g/mol. The van der Waals surface area contributed by atoms with E-state index in [2.05, 4.69) is 25.9 Å². The van der Waals surface area contributed by atoms with Crippen LogP contribution in [0.15, 0.2) is 73.3 Å². The van der Waals surface area contributed by atoms with E-state index in [1.54, 1.807) is 33.0 Å². The number of anilines is 2. The first kappa shape index (κ1) is 44.7. The molecule has 0 saturated carbocycles. The van der Waals surface area contributed by atoms with E-state index in [4.69, 9.17) is 0 Å². The van der Waals surface area contributed by atoms with Crippen molar-refractivity contribution in [1.29, 1.82) is 0 Å². The number of benzene rings is 4. The predicted molar refractivity (Wildman–Crippen MR) is 247 cm³/mol. The van der Waals surface area contributed by atoms with Crippen molar-refractivity contribution in [2.45, 2.75) is 52.6 Å². The van der Waals surface area contributed by atoms with Crippen LogP contribution in [-0.2, 0) is 41.1 Å². The zero-order chi connectivity index (χ0) is 48.0. The van der Waals surface area contributed by atoms with Crippen molar-refractivity contribution in [1.82, 2.24) is 27.3 Å². The second-order valence-corrected chi connectivity index (χ2v) is 23.3. The number of rotatable bonds is 5. The minimum Gasteiger partial charge on any atom is -0.373 e. The number of fused-ring (bicyclic) bond motifs is 8. The summed E-state index contributed by atoms with van der Waals surface area (Å²) >= 11 is 0. The van der Waals surface area contributed by atoms with Crippen molar-refractivity contribution in [3.8, 4) is 44.8 Å². The Labute approximate surface area is 377 Å². The van der Waals surface area contributed by atoms with Gasteiger partial charge in [0.2, 0.25) is 20.0 Å². The molecule has 2 aliphatic rings. The molecule has 4 aromatic heterocycles. The van der Waals surface area contributed by atoms with Crippen LogP contribution in [-0.4, -0.2) is 71.3 Å². The number of H-pyrrole nitrogens is 1. The molecular formula is C45H42F4N8O6S3. The molecule has 0 fully saturated rings. The summed E-state index contributed by atoms with van der Waals surface area (Å²) < 4.78 is 136. The molecule has 4 aromatic carbocycles. The fourth-order valence-electron chi connectivity index (χ4n) is 9.18. The van der Waals surface area contributed by atoms with Gasteiger partial charge in [0.25, 0.3) is 10.0 Å². The van der Waals surface area contributed by atoms with Crippen LogP contribution in [0.5, 0.6) is 0 Å². The standard InChI is InChI=1S/C23H22F2N4O4S2.C22H20F2N4O2S/c1-12-15(16-8-13(24)9-19-14(16)6-7-28(19)34(4,30)31)10-18(25)22-20(12)21-17(23(2,3)26-22)11-29(27-21)35(5,32)33;1-11-14(15-7-12(23)8-18-13(15)5-6-28(18)31(4,29)30)9-17(24)21-19(11)20-16(10-25-27-20)22(2,3)26-21/h6-11,26H,1-5H3;5-10,26H,1-4H3,(H,25,27). The van der Waals surface area contributed by atoms with Crippen molar-refractivity contribution in [2.24, 2.45) is 0 Å². The first-order valence-corrected chi connectivity index (χ1v) is 25.7. The Kier molecular flexibility index (Phi) is 9.85. The molecule has 0 unspecified atom stereocenters. The molecule has 344 valence electrons. The summed E-state index contributed by atoms with van der Waals surface area (Å²) in [4.78, 5) is 0. The zero-order valence-electron chi connectivity index (χ0n) is 36.9. The summed E-state index contributed by atoms with van der Waals surface area (Å²) in [5, 5.41) is 18.7. The van der Waals surface area contributed by atoms with E-state index in [1.807, 2.05) is 20.8 Å². The number of aromatic nitrogens is 6. The van der Waals surface area contributed by atoms with E-state index in [9.17, 15) is 34.0 Å². The molecule has 8 aromatic rings. The van der Waals surface area contributed by atoms with Crippen molar-refractivity contribution in [2.75, 3.05) is 29.4 Å². The van der Waals surface area contributed by atoms with Gasteiger partial charge in [-0.25, -0.2) is 50.8 Å². The van der Waals surface area contributed by atoms with Gasteiger partial charge in [-0.3, -0.25) is 5.10 Å². The van der Waals surface area contributed by atoms with Gasteiger partial charge in [0, 0.05) is 51.6 Å². The van der Waals surface area contributed by atoms with Crippen LogP contribution in [0, 0.1) is 37.1 Å². The van der Waals surface area contributed by atoms with Gasteiger partial charge in [-0.1, -0.05) is 0 Å². The van der Waals surface area contributed by atoms with Gasteiger partial charge in [-0.2, -0.15) is 14.3 Å². The van der Waals surface area contributed by atoms with Gasteiger partial charge in [-0.05, 0) is 123 Å². The van der Waals surface area contributed by atoms with Gasteiger partial charge < -0.3 is 10.6 Å². The highest BCUT2D eigenvalue weighted by atomic mass is 32.2. The van der Waals surface area contributed by atoms with E-state index >= 15 is 8.78 Å². The molecule has 0 spiro atoms. The Morgan fingerprint density at radius 1 is 0.591 bits per heavy atom. The average molecular weight is 963 g/mol. The molecule has 0 radical (unpaired) electrons. The lowest BCUT2D eigenvalue weighted by Crippen LogP contribution is -2.32. The van der Waals surface area contributed by atoms with Crippen LogP contribution >= 0.6 is 0 Å². The molecule has 6 heterocycles. The maximum absolute atomic E-state index is 15.6. The molecule has 21 heteroatoms. The smallest absolute Gasteiger partial charge is 0.250 e. The van der Waals surface area contributed by atoms with Crippen molar-refractivity contribution < 1.29 is 42.8 Å². The normalized spacial score (nSPS) is 15.0. The van der Waals surface area contributed by atoms with Crippen LogP contribution in [0.2, 0.25) is 0 Å². The number of halogens is 4. The summed E-state index contributed by atoms with van der Waals surface area (Å²) in [6.45, 7) is 11.0. The minimum atomic E-state index is -3.71. The Hall–Kier alpha value is -6.45. The maximum atomic E-state index is 15.6. The van der Waals surface area contributed by atoms with E-state index < -0.39 is 64.4 Å². The second-order valence-electron chi connectivity index (χ2n) is 17.8. The van der Waals surface area contributed by atoms with Crippen molar-refractivity contribution in [3.63, 3.8) is 0 Å². The van der Waals surface area contributed by atoms with Crippen LogP contribution < -0.4 is 10.6 Å². The van der Waals surface area contributed by atoms with Crippen molar-refractivity contribution >= 4 is 63.3 Å². The van der Waals surface area contributed by atoms with Crippen LogP contribution in [0.3, 0.4) is 0 Å². The van der Waals surface area contributed by atoms with Gasteiger partial charge in [-0.15, -0.1) is 0 Å². The van der Waals surface area contributed by atoms with E-state index in [1.165, 1.54) is 55.0 Å². The molecule has 0 amide bonds. The fourth-order valence-corrected chi connectivity index (χ4v) is 11.3. The number of nitrogens with one attached hydrogen (secondary N) is 3. The summed E-state index contributed by atoms with van der Waals surface area (Å²) in [7, 11) is -11.0. The quantitative estimate of drug-likeness (QED) is 0.141. The van der Waals surface area contributed by atoms with E-state index in [0.717, 1.165) is 48.0 Å². The summed E-state index contributed by atoms with van der Waals surface area (Å²) in [6, 6.07) is 10.6. The maximum Gasteiger partial charge on any atom is 0.250 e. The Bertz CT molecular complexity index is 3780. The number of hydrogen-bond donors (Lipinski definition) is 3. The first-order chi connectivity index (χ1) is 30.6. The number of hydrogen-bond acceptors (Lipinski definition) is 10. The van der Waals surface area contributed by atoms with Gasteiger partial charge in [0.1, 0.15) is 29.0 Å². The lowest BCUT2D eigenvalue weighted by atomic mass is 9.83. The molecule has 0 saturated heterocycles. The highest BCUT2D eigenvalue weighted by Crippen LogP contribution is 2.50. The van der Waals surface area contributed by atoms with Crippen LogP contribution in [0.1, 0.15) is 49.9 Å². The van der Waals surface area contributed by atoms with Gasteiger partial charge in [0.15, 0.2) is 0 Å². The molecule has 14 nitrogen and oxygen atoms in total. The lowest BCUT2D eigenvalue weighted by Gasteiger charge is -2.35. The Morgan fingerprint density at radius 3 is 1.52 bits per heavy atom. The SMILES string of the molecule is Cc1c(-c2cc(F)cc3c2ccn3S(C)(=O)=O)cc(F)c2c1-c1[nH]ncc1C(C)(C)N2.Cc1c(-c2cc(F)cc3c2ccn3S(C)(=O)=O)cc(F)c2c1-c1nn(S(C)(=O)=O)cc1C(C)(C)N2. The number of aromatic amines is 1. The molecule has 2 aliphatic heterocycles. The first-order valence-electron chi connectivity index (χ1n) is 20.2. The van der Waals surface area contributed by atoms with Crippen molar-refractivity contribution in [3.05, 3.63) is 119 Å². The fraction of sp³-hybridized carbons (Fsp3) is 0.244. The minimum absolute atomic E-state index is 0.126. The molecule has 3 N–H and O–H groups in total. The van der Waals surface area contributed by atoms with E-state index in [-0.39, 0.29) is 16.7 Å². The van der Waals surface area contributed by atoms with Gasteiger partial charge >= 0.3 is 0 Å². The Morgan fingerprint density at radius 2 is 1.05 bits per heavy atom. The molecule has 0 bridgehead atoms. The zero-order valence-corrected chi connectivity index (χ0v) is 39.3. The third-order valence-electron chi connectivity index (χ3n) is 12.2. The van der Waals surface area contributed by atoms with Crippen LogP contribution in [0.4, 0.5) is 28.9 Å². The summed E-state index contributed by atoms with van der Waals surface area (Å²) in [5.74, 6) is -2.41. The highest BCUT2D eigenvalue weighted by Gasteiger charge is 2.38. The lowest BCUT2D eigenvalue weighted by molar-refractivity contribution is 0.578. The molecule has 0 atom stereocenters. The highest BCUT2D eigenvalue weighted by molar-refractivity contribution is 7.89. The third kappa shape index (κ3) is 7.05. The van der Waals surface area contributed by atoms with Crippen LogP contribution in [0.25, 0.3) is 66.6 Å². The summed E-state index contributed by atoms with van der Waals surface area (Å²) in [5.41, 5.74) is 5.73. The molecule has 0 aliphatic carbocycles. The average Bonchev–Trinajstić information content (AvgIpc) is 4.02. The predicted octanol–water partition coefficient (Wildman–Crippen LogP) is 8.79. The Balaban J connectivity index is 0.000000167. The number of nitrogens with zero attached hydrogens (tertiary/aromatic N) is 5. The molecule has 10 rings (SSSR count). The second kappa shape index (κ2) is 14.5. The topological polar surface area (TPSA) is 183 Å². The van der Waals surface area contributed by atoms with Gasteiger partial charge in [0.05, 0.1) is 64.1 Å². The van der Waals surface area contributed by atoms with E-state index in [0.29, 0.717) is 72.4 Å². The largest absolute Gasteiger partial charge is 0.373 e. The third-order valence-corrected chi connectivity index (χ3v) is 15.2. The molecule has 66 heavy (non-hydrogen) atoms. The monoisotopic (exact) mass is 962 g/mol.